The van der Waals surface area contributed by atoms with Crippen LogP contribution in [0.4, 0.5) is 0 Å². The number of methoxy groups -OCH3 is 1. The molecule has 1 aliphatic rings. The van der Waals surface area contributed by atoms with Crippen LogP contribution in [-0.4, -0.2) is 143 Å². The molecule has 24 nitrogen and oxygen atoms in total. The molecule has 1 aromatic rings. The highest BCUT2D eigenvalue weighted by atomic mass is 35.5. The summed E-state index contributed by atoms with van der Waals surface area (Å²) in [5.41, 5.74) is -3.70. The molecule has 1 aliphatic carbocycles. The van der Waals surface area contributed by atoms with Crippen molar-refractivity contribution in [2.75, 3.05) is 26.9 Å². The van der Waals surface area contributed by atoms with Crippen LogP contribution in [0.2, 0.25) is 5.02 Å². The molecule has 0 bridgehead atoms. The number of carbonyl (C=O) groups excluding carboxylic acids is 8. The zero-order valence-electron chi connectivity index (χ0n) is 83.6. The second-order valence-electron chi connectivity index (χ2n) is 36.6. The van der Waals surface area contributed by atoms with Crippen LogP contribution in [0.25, 0.3) is 0 Å². The first kappa shape index (κ1) is 126. The maximum Gasteiger partial charge on any atom is 0.314 e. The second-order valence-corrected chi connectivity index (χ2v) is 37.0. The number of unbranched alkanes of at least 4 members (excludes halogenated alkanes) is 3. The topological polar surface area (TPSA) is 284 Å². The average Bonchev–Trinajstić information content (AvgIpc) is 0.890. The van der Waals surface area contributed by atoms with Gasteiger partial charge in [-0.3, -0.25) is 38.4 Å². The maximum atomic E-state index is 11.8. The minimum absolute atomic E-state index is 0.0718. The highest BCUT2D eigenvalue weighted by Crippen LogP contribution is 2.31. The Kier molecular flexibility index (Phi) is 67.5. The van der Waals surface area contributed by atoms with Crippen molar-refractivity contribution in [3.05, 3.63) is 29.3 Å². The molecule has 8 atom stereocenters. The van der Waals surface area contributed by atoms with Gasteiger partial charge in [-0.1, -0.05) is 119 Å². The van der Waals surface area contributed by atoms with Crippen LogP contribution in [-0.2, 0) is 109 Å². The number of carbonyl (C=O) groups is 8. The van der Waals surface area contributed by atoms with E-state index in [1.54, 1.807) is 72.7 Å². The predicted octanol–water partition coefficient (Wildman–Crippen LogP) is 24.5. The Bertz CT molecular complexity index is 2870. The third kappa shape index (κ3) is 62.8. The lowest BCUT2D eigenvalue weighted by molar-refractivity contribution is -0.205. The molecule has 0 spiro atoms. The van der Waals surface area contributed by atoms with E-state index in [1.807, 2.05) is 215 Å². The molecule has 8 unspecified atom stereocenters. The van der Waals surface area contributed by atoms with Gasteiger partial charge in [0.05, 0.1) is 74.3 Å². The first-order chi connectivity index (χ1) is 54.9. The highest BCUT2D eigenvalue weighted by Gasteiger charge is 2.36. The molecule has 25 heteroatoms. The summed E-state index contributed by atoms with van der Waals surface area (Å²) in [5, 5.41) is 0.638. The Morgan fingerprint density at radius 1 is 0.342 bits per heavy atom. The van der Waals surface area contributed by atoms with Crippen LogP contribution in [0.5, 0.6) is 5.75 Å². The number of hydrogen-bond acceptors (Lipinski definition) is 24. The Morgan fingerprint density at radius 3 is 0.900 bits per heavy atom. The van der Waals surface area contributed by atoms with E-state index in [4.69, 9.17) is 87.4 Å². The fourth-order valence-corrected chi connectivity index (χ4v) is 8.30. The monoisotopic (exact) mass is 1740 g/mol. The first-order valence-corrected chi connectivity index (χ1v) is 44.8. The molecule has 0 amide bonds. The molecule has 1 fully saturated rings. The molecule has 0 aliphatic heterocycles. The summed E-state index contributed by atoms with van der Waals surface area (Å²) in [5.74, 6) is -0.985. The lowest BCUT2D eigenvalue weighted by Gasteiger charge is -2.28. The lowest BCUT2D eigenvalue weighted by Crippen LogP contribution is -2.34. The maximum absolute atomic E-state index is 11.8. The van der Waals surface area contributed by atoms with Crippen LogP contribution in [0.15, 0.2) is 24.3 Å². The van der Waals surface area contributed by atoms with E-state index in [2.05, 4.69) is 13.8 Å². The minimum Gasteiger partial charge on any atom is -0.455 e. The minimum atomic E-state index is -0.621. The fourth-order valence-electron chi connectivity index (χ4n) is 8.18. The van der Waals surface area contributed by atoms with E-state index in [0.717, 1.165) is 89.9 Å². The van der Waals surface area contributed by atoms with Crippen molar-refractivity contribution in [2.24, 2.45) is 43.3 Å². The van der Waals surface area contributed by atoms with Gasteiger partial charge in [-0.2, -0.15) is 0 Å². The summed E-state index contributed by atoms with van der Waals surface area (Å²) in [6.07, 6.45) is 14.1. The van der Waals surface area contributed by atoms with Gasteiger partial charge >= 0.3 is 47.8 Å². The Hall–Kier alpha value is -5.21. The predicted molar refractivity (Wildman–Crippen MR) is 479 cm³/mol. The molecular formula is C95H179ClO24. The number of esters is 8. The van der Waals surface area contributed by atoms with Crippen molar-refractivity contribution < 1.29 is 114 Å². The molecule has 0 aromatic heterocycles. The van der Waals surface area contributed by atoms with Gasteiger partial charge in [0.1, 0.15) is 5.75 Å². The molecule has 0 N–H and O–H groups in total. The summed E-state index contributed by atoms with van der Waals surface area (Å²) in [6.45, 7) is 77.3. The molecule has 120 heavy (non-hydrogen) atoms. The van der Waals surface area contributed by atoms with Crippen LogP contribution in [0, 0.1) is 43.3 Å². The standard InChI is InChI=1S/C14H19ClO3.C14H26O3.C13H26O3.2C12H24O3.C11H22O3.C10H20O3.C9H18O3/c1-5-14(3,4)13(16)18-10(2)17-12-8-6-11(15)7-9-12;1-5-14(3,4)13(15)17-11(2)16-12-9-7-6-8-10-12;1-6-8-9-10-15-11(3)16-12(14)13(4,5)7-2;1-8-12(6,7)10(13)14-9(2)15-11(3,4)5;1-6-8-9-14-10(3)15-11(13)12(4,5)7-2;1-7-11(5,6)10(12)14-9(4)13-8(2)3;1-6-10(4,5)9(11)13-8(3)12-7-2;1-6-9(3,4)8(10)12-7(2)11-5/h6-10H,5H2,1-4H3;11-12H,5-10H2,1-4H3;11H,6-10H2,1-5H3;9H,8H2,1-7H3;10H,6-9H2,1-5H3;8-9H,7H2,1-6H3;8H,6-7H2,1-5H3;7H,6H2,1-5H3. The number of ether oxygens (including phenoxy) is 16. The van der Waals surface area contributed by atoms with Gasteiger partial charge in [-0.15, -0.1) is 0 Å². The number of halogens is 1. The Balaban J connectivity index is -0.000000310. The quantitative estimate of drug-likeness (QED) is 0.0254. The summed E-state index contributed by atoms with van der Waals surface area (Å²) < 4.78 is 84.2. The number of benzene rings is 1. The van der Waals surface area contributed by atoms with Gasteiger partial charge in [0.2, 0.25) is 12.6 Å². The SMILES string of the molecule is CCC(C)(C)C(=O)OC(C)OC.CCC(C)(C)C(=O)OC(C)OC(C)(C)C.CCC(C)(C)C(=O)OC(C)OC(C)C.CCC(C)(C)C(=O)OC(C)OC1CCCCC1.CCC(C)(C)C(=O)OC(C)Oc1ccc(Cl)cc1.CCCCCOC(C)OC(=O)C(C)(C)CC.CCCCOC(C)OC(=O)C(C)(C)CC.CCOC(C)OC(=O)C(C)(C)CC. The molecular weight excluding hydrogens is 1560 g/mol. The molecule has 0 radical (unpaired) electrons. The zero-order chi connectivity index (χ0) is 95.0. The molecule has 710 valence electrons. The summed E-state index contributed by atoms with van der Waals surface area (Å²) in [6, 6.07) is 6.91. The molecule has 1 aromatic carbocycles. The van der Waals surface area contributed by atoms with Crippen LogP contribution in [0.3, 0.4) is 0 Å². The van der Waals surface area contributed by atoms with E-state index >= 15 is 0 Å². The third-order valence-electron chi connectivity index (χ3n) is 20.4. The average molecular weight is 1740 g/mol. The Morgan fingerprint density at radius 2 is 0.617 bits per heavy atom. The normalized spacial score (nSPS) is 14.7. The second kappa shape index (κ2) is 64.5. The van der Waals surface area contributed by atoms with Crippen molar-refractivity contribution in [2.45, 2.75) is 461 Å². The highest BCUT2D eigenvalue weighted by molar-refractivity contribution is 6.30. The van der Waals surface area contributed by atoms with E-state index < -0.39 is 93.6 Å². The van der Waals surface area contributed by atoms with E-state index in [0.29, 0.717) is 30.6 Å². The summed E-state index contributed by atoms with van der Waals surface area (Å²) in [7, 11) is 1.51. The van der Waals surface area contributed by atoms with Crippen molar-refractivity contribution in [3.8, 4) is 5.75 Å². The lowest BCUT2D eigenvalue weighted by atomic mass is 9.91. The van der Waals surface area contributed by atoms with Gasteiger partial charge in [0.15, 0.2) is 37.7 Å². The Labute approximate surface area is 735 Å². The van der Waals surface area contributed by atoms with Gasteiger partial charge in [-0.25, -0.2) is 0 Å². The summed E-state index contributed by atoms with van der Waals surface area (Å²) >= 11 is 5.77. The zero-order valence-corrected chi connectivity index (χ0v) is 84.4. The van der Waals surface area contributed by atoms with Gasteiger partial charge < -0.3 is 75.8 Å². The van der Waals surface area contributed by atoms with E-state index in [-0.39, 0.29) is 65.6 Å². The first-order valence-electron chi connectivity index (χ1n) is 44.4. The van der Waals surface area contributed by atoms with Crippen LogP contribution < -0.4 is 4.74 Å². The van der Waals surface area contributed by atoms with Gasteiger partial charge in [0.25, 0.3) is 0 Å². The van der Waals surface area contributed by atoms with Crippen LogP contribution in [0.1, 0.15) is 393 Å². The molecule has 1 saturated carbocycles. The van der Waals surface area contributed by atoms with Crippen molar-refractivity contribution >= 4 is 59.4 Å². The van der Waals surface area contributed by atoms with Crippen LogP contribution >= 0.6 is 11.6 Å². The van der Waals surface area contributed by atoms with E-state index in [1.165, 1.54) is 32.8 Å². The van der Waals surface area contributed by atoms with Crippen molar-refractivity contribution in [1.29, 1.82) is 0 Å². The fraction of sp³-hybridized carbons (Fsp3) is 0.853. The molecule has 0 saturated heterocycles. The summed E-state index contributed by atoms with van der Waals surface area (Å²) in [4.78, 5) is 93.1. The number of rotatable bonds is 43. The van der Waals surface area contributed by atoms with Gasteiger partial charge in [0, 0.05) is 25.7 Å². The van der Waals surface area contributed by atoms with Gasteiger partial charge in [-0.05, 0) is 302 Å². The third-order valence-corrected chi connectivity index (χ3v) is 20.6. The van der Waals surface area contributed by atoms with Crippen molar-refractivity contribution in [3.63, 3.8) is 0 Å². The van der Waals surface area contributed by atoms with E-state index in [9.17, 15) is 38.4 Å². The number of hydrogen-bond donors (Lipinski definition) is 0. The molecule has 0 heterocycles. The largest absolute Gasteiger partial charge is 0.455 e. The molecule has 2 rings (SSSR count). The smallest absolute Gasteiger partial charge is 0.314 e. The van der Waals surface area contributed by atoms with Crippen molar-refractivity contribution in [1.82, 2.24) is 0 Å².